The summed E-state index contributed by atoms with van der Waals surface area (Å²) in [4.78, 5) is 24.1. The molecule has 0 saturated carbocycles. The molecule has 28 heavy (non-hydrogen) atoms. The fourth-order valence-corrected chi connectivity index (χ4v) is 2.91. The molecule has 0 bridgehead atoms. The number of hydrogen-bond donors (Lipinski definition) is 1. The first-order valence-electron chi connectivity index (χ1n) is 9.24. The highest BCUT2D eigenvalue weighted by molar-refractivity contribution is 5.88. The molecule has 0 radical (unpaired) electrons. The molecule has 0 saturated heterocycles. The van der Waals surface area contributed by atoms with Crippen molar-refractivity contribution >= 4 is 11.7 Å². The quantitative estimate of drug-likeness (QED) is 0.648. The smallest absolute Gasteiger partial charge is 0.258 e. The van der Waals surface area contributed by atoms with Crippen LogP contribution in [0.1, 0.15) is 12.5 Å². The van der Waals surface area contributed by atoms with Gasteiger partial charge in [0.2, 0.25) is 0 Å². The van der Waals surface area contributed by atoms with Crippen LogP contribution in [0.2, 0.25) is 0 Å². The third-order valence-corrected chi connectivity index (χ3v) is 4.44. The Bertz CT molecular complexity index is 906. The average Bonchev–Trinajstić information content (AvgIpc) is 2.73. The van der Waals surface area contributed by atoms with Crippen molar-refractivity contribution in [3.05, 3.63) is 90.5 Å². The van der Waals surface area contributed by atoms with Crippen molar-refractivity contribution in [2.75, 3.05) is 6.61 Å². The largest absolute Gasteiger partial charge is 0.484 e. The van der Waals surface area contributed by atoms with E-state index < -0.39 is 6.04 Å². The van der Waals surface area contributed by atoms with Gasteiger partial charge >= 0.3 is 0 Å². The molecule has 0 aliphatic heterocycles. The molecule has 1 N–H and O–H groups in total. The summed E-state index contributed by atoms with van der Waals surface area (Å²) in [5.74, 6) is 0.213. The van der Waals surface area contributed by atoms with Crippen molar-refractivity contribution < 1.29 is 14.3 Å². The lowest BCUT2D eigenvalue weighted by molar-refractivity contribution is -0.128. The SMILES string of the molecule is CC(=O)[C@@H](Cc1ccccc1)NC(=O)COc1ccc(-c2ccccc2)cc1. The molecule has 1 amide bonds. The summed E-state index contributed by atoms with van der Waals surface area (Å²) < 4.78 is 5.57. The number of amides is 1. The molecule has 3 aromatic rings. The summed E-state index contributed by atoms with van der Waals surface area (Å²) in [5, 5.41) is 2.76. The Hall–Kier alpha value is -3.40. The number of ketones is 1. The van der Waals surface area contributed by atoms with E-state index in [2.05, 4.69) is 5.32 Å². The highest BCUT2D eigenvalue weighted by Gasteiger charge is 2.17. The maximum absolute atomic E-state index is 12.2. The van der Waals surface area contributed by atoms with Crippen LogP contribution in [0.5, 0.6) is 5.75 Å². The molecule has 0 aliphatic rings. The number of nitrogens with one attached hydrogen (secondary N) is 1. The molecule has 1 atom stereocenters. The van der Waals surface area contributed by atoms with Gasteiger partial charge in [0.25, 0.3) is 5.91 Å². The Balaban J connectivity index is 1.53. The van der Waals surface area contributed by atoms with E-state index in [1.54, 1.807) is 0 Å². The molecule has 0 unspecified atom stereocenters. The predicted molar refractivity (Wildman–Crippen MR) is 110 cm³/mol. The van der Waals surface area contributed by atoms with Crippen LogP contribution >= 0.6 is 0 Å². The molecule has 0 aliphatic carbocycles. The van der Waals surface area contributed by atoms with E-state index in [4.69, 9.17) is 4.74 Å². The molecule has 3 rings (SSSR count). The molecule has 0 heterocycles. The zero-order valence-corrected chi connectivity index (χ0v) is 15.8. The minimum Gasteiger partial charge on any atom is -0.484 e. The predicted octanol–water partition coefficient (Wildman–Crippen LogP) is 4.05. The van der Waals surface area contributed by atoms with Crippen LogP contribution in [0.4, 0.5) is 0 Å². The van der Waals surface area contributed by atoms with Gasteiger partial charge in [0.05, 0.1) is 6.04 Å². The first kappa shape index (κ1) is 19.4. The maximum atomic E-state index is 12.2. The number of rotatable bonds is 8. The molecular formula is C24H23NO3. The molecule has 4 nitrogen and oxygen atoms in total. The van der Waals surface area contributed by atoms with Gasteiger partial charge in [0.15, 0.2) is 12.4 Å². The maximum Gasteiger partial charge on any atom is 0.258 e. The normalized spacial score (nSPS) is 11.5. The van der Waals surface area contributed by atoms with Gasteiger partial charge in [0, 0.05) is 0 Å². The van der Waals surface area contributed by atoms with Gasteiger partial charge < -0.3 is 10.1 Å². The standard InChI is InChI=1S/C24H23NO3/c1-18(26)23(16-19-8-4-2-5-9-19)25-24(27)17-28-22-14-12-21(13-15-22)20-10-6-3-7-11-20/h2-15,23H,16-17H2,1H3,(H,25,27)/t23-/m1/s1. The molecular weight excluding hydrogens is 350 g/mol. The Morgan fingerprint density at radius 3 is 2.00 bits per heavy atom. The molecule has 3 aromatic carbocycles. The zero-order chi connectivity index (χ0) is 19.8. The fraction of sp³-hybridized carbons (Fsp3) is 0.167. The number of benzene rings is 3. The monoisotopic (exact) mass is 373 g/mol. The lowest BCUT2D eigenvalue weighted by Gasteiger charge is -2.16. The lowest BCUT2D eigenvalue weighted by atomic mass is 10.0. The molecule has 4 heteroatoms. The van der Waals surface area contributed by atoms with Gasteiger partial charge in [-0.05, 0) is 42.2 Å². The highest BCUT2D eigenvalue weighted by atomic mass is 16.5. The van der Waals surface area contributed by atoms with Gasteiger partial charge in [-0.25, -0.2) is 0 Å². The highest BCUT2D eigenvalue weighted by Crippen LogP contribution is 2.21. The molecule has 0 aromatic heterocycles. The van der Waals surface area contributed by atoms with Crippen molar-refractivity contribution in [2.45, 2.75) is 19.4 Å². The van der Waals surface area contributed by atoms with E-state index in [-0.39, 0.29) is 18.3 Å². The van der Waals surface area contributed by atoms with Crippen LogP contribution in [-0.2, 0) is 16.0 Å². The Morgan fingerprint density at radius 1 is 0.821 bits per heavy atom. The molecule has 0 fully saturated rings. The fourth-order valence-electron chi connectivity index (χ4n) is 2.91. The molecule has 142 valence electrons. The van der Waals surface area contributed by atoms with Crippen molar-refractivity contribution in [1.82, 2.24) is 5.32 Å². The number of Topliss-reactive ketones (excluding diaryl/α,β-unsaturated/α-hetero) is 1. The Labute approximate surface area is 165 Å². The van der Waals surface area contributed by atoms with Crippen LogP contribution in [0.3, 0.4) is 0 Å². The lowest BCUT2D eigenvalue weighted by Crippen LogP contribution is -2.43. The van der Waals surface area contributed by atoms with Crippen LogP contribution in [0.15, 0.2) is 84.9 Å². The number of carbonyl (C=O) groups excluding carboxylic acids is 2. The second-order valence-corrected chi connectivity index (χ2v) is 6.60. The average molecular weight is 373 g/mol. The van der Waals surface area contributed by atoms with E-state index in [1.807, 2.05) is 84.9 Å². The van der Waals surface area contributed by atoms with Crippen molar-refractivity contribution in [3.8, 4) is 16.9 Å². The summed E-state index contributed by atoms with van der Waals surface area (Å²) in [6.45, 7) is 1.35. The summed E-state index contributed by atoms with van der Waals surface area (Å²) in [6, 6.07) is 26.7. The number of hydrogen-bond acceptors (Lipinski definition) is 3. The Morgan fingerprint density at radius 2 is 1.39 bits per heavy atom. The minimum absolute atomic E-state index is 0.0792. The summed E-state index contributed by atoms with van der Waals surface area (Å²) in [6.07, 6.45) is 0.466. The summed E-state index contributed by atoms with van der Waals surface area (Å²) in [7, 11) is 0. The van der Waals surface area contributed by atoms with Gasteiger partial charge in [-0.2, -0.15) is 0 Å². The van der Waals surface area contributed by atoms with Gasteiger partial charge in [0.1, 0.15) is 5.75 Å². The number of carbonyl (C=O) groups is 2. The Kier molecular flexibility index (Phi) is 6.58. The second-order valence-electron chi connectivity index (χ2n) is 6.60. The van der Waals surface area contributed by atoms with E-state index >= 15 is 0 Å². The van der Waals surface area contributed by atoms with Crippen molar-refractivity contribution in [1.29, 1.82) is 0 Å². The van der Waals surface area contributed by atoms with Crippen LogP contribution in [-0.4, -0.2) is 24.3 Å². The topological polar surface area (TPSA) is 55.4 Å². The van der Waals surface area contributed by atoms with Crippen LogP contribution < -0.4 is 10.1 Å². The van der Waals surface area contributed by atoms with E-state index in [9.17, 15) is 9.59 Å². The summed E-state index contributed by atoms with van der Waals surface area (Å²) >= 11 is 0. The molecule has 0 spiro atoms. The van der Waals surface area contributed by atoms with E-state index in [0.29, 0.717) is 12.2 Å². The van der Waals surface area contributed by atoms with Crippen LogP contribution in [0.25, 0.3) is 11.1 Å². The third kappa shape index (κ3) is 5.55. The van der Waals surface area contributed by atoms with Crippen LogP contribution in [0, 0.1) is 0 Å². The number of ether oxygens (including phenoxy) is 1. The minimum atomic E-state index is -0.557. The van der Waals surface area contributed by atoms with Gasteiger partial charge in [-0.15, -0.1) is 0 Å². The third-order valence-electron chi connectivity index (χ3n) is 4.44. The van der Waals surface area contributed by atoms with Crippen molar-refractivity contribution in [3.63, 3.8) is 0 Å². The van der Waals surface area contributed by atoms with Crippen molar-refractivity contribution in [2.24, 2.45) is 0 Å². The summed E-state index contributed by atoms with van der Waals surface area (Å²) in [5.41, 5.74) is 3.20. The second kappa shape index (κ2) is 9.51. The van der Waals surface area contributed by atoms with E-state index in [0.717, 1.165) is 16.7 Å². The van der Waals surface area contributed by atoms with E-state index in [1.165, 1.54) is 6.92 Å². The van der Waals surface area contributed by atoms with Gasteiger partial charge in [-0.3, -0.25) is 9.59 Å². The first-order chi connectivity index (χ1) is 13.6. The van der Waals surface area contributed by atoms with Gasteiger partial charge in [-0.1, -0.05) is 72.8 Å². The first-order valence-corrected chi connectivity index (χ1v) is 9.24. The zero-order valence-electron chi connectivity index (χ0n) is 15.8.